The smallest absolute Gasteiger partial charge is 0.264 e. The molecule has 3 aromatic rings. The molecule has 0 N–H and O–H groups in total. The van der Waals surface area contributed by atoms with Crippen LogP contribution in [-0.2, 0) is 16.1 Å². The molecule has 4 rings (SSSR count). The SMILES string of the molecule is Cc1ccc(CN(C(=O)c2cccs2)C2CC(=O)N(c3ccc(C#N)cc3)C2=O)cc1. The molecule has 1 atom stereocenters. The van der Waals surface area contributed by atoms with Gasteiger partial charge in [-0.3, -0.25) is 14.4 Å². The van der Waals surface area contributed by atoms with Crippen molar-refractivity contribution >= 4 is 34.7 Å². The van der Waals surface area contributed by atoms with Gasteiger partial charge in [0, 0.05) is 6.54 Å². The second-order valence-corrected chi connectivity index (χ2v) is 8.29. The molecular weight excluding hydrogens is 410 g/mol. The van der Waals surface area contributed by atoms with Gasteiger partial charge in [-0.2, -0.15) is 5.26 Å². The molecule has 154 valence electrons. The molecule has 31 heavy (non-hydrogen) atoms. The highest BCUT2D eigenvalue weighted by Gasteiger charge is 2.44. The van der Waals surface area contributed by atoms with Crippen LogP contribution in [0.5, 0.6) is 0 Å². The number of anilines is 1. The van der Waals surface area contributed by atoms with Crippen LogP contribution in [0.4, 0.5) is 5.69 Å². The maximum atomic E-state index is 13.3. The average Bonchev–Trinajstić information content (AvgIpc) is 3.41. The van der Waals surface area contributed by atoms with Gasteiger partial charge >= 0.3 is 0 Å². The Morgan fingerprint density at radius 2 is 1.84 bits per heavy atom. The first-order valence-corrected chi connectivity index (χ1v) is 10.6. The molecule has 1 aliphatic heterocycles. The lowest BCUT2D eigenvalue weighted by Gasteiger charge is -2.27. The summed E-state index contributed by atoms with van der Waals surface area (Å²) < 4.78 is 0. The van der Waals surface area contributed by atoms with Crippen LogP contribution >= 0.6 is 11.3 Å². The molecule has 6 nitrogen and oxygen atoms in total. The third-order valence-electron chi connectivity index (χ3n) is 5.22. The van der Waals surface area contributed by atoms with Crippen LogP contribution in [-0.4, -0.2) is 28.7 Å². The van der Waals surface area contributed by atoms with Gasteiger partial charge in [-0.15, -0.1) is 11.3 Å². The third-order valence-corrected chi connectivity index (χ3v) is 6.08. The Balaban J connectivity index is 1.66. The van der Waals surface area contributed by atoms with Gasteiger partial charge in [-0.05, 0) is 48.2 Å². The van der Waals surface area contributed by atoms with Crippen molar-refractivity contribution in [2.24, 2.45) is 0 Å². The lowest BCUT2D eigenvalue weighted by molar-refractivity contribution is -0.122. The average molecular weight is 430 g/mol. The van der Waals surface area contributed by atoms with Gasteiger partial charge < -0.3 is 4.90 Å². The van der Waals surface area contributed by atoms with Crippen molar-refractivity contribution in [3.05, 3.63) is 87.6 Å². The van der Waals surface area contributed by atoms with Gasteiger partial charge in [0.1, 0.15) is 6.04 Å². The minimum Gasteiger partial charge on any atom is -0.321 e. The predicted molar refractivity (Wildman–Crippen MR) is 117 cm³/mol. The number of benzene rings is 2. The number of hydrogen-bond acceptors (Lipinski definition) is 5. The van der Waals surface area contributed by atoms with Crippen molar-refractivity contribution in [2.75, 3.05) is 4.90 Å². The highest BCUT2D eigenvalue weighted by atomic mass is 32.1. The molecule has 1 saturated heterocycles. The third kappa shape index (κ3) is 4.11. The number of carbonyl (C=O) groups excluding carboxylic acids is 3. The normalized spacial score (nSPS) is 15.7. The van der Waals surface area contributed by atoms with E-state index in [9.17, 15) is 14.4 Å². The quantitative estimate of drug-likeness (QED) is 0.576. The van der Waals surface area contributed by atoms with E-state index in [2.05, 4.69) is 0 Å². The van der Waals surface area contributed by atoms with Crippen LogP contribution in [0.2, 0.25) is 0 Å². The summed E-state index contributed by atoms with van der Waals surface area (Å²) in [5.74, 6) is -1.08. The van der Waals surface area contributed by atoms with Crippen molar-refractivity contribution in [3.8, 4) is 6.07 Å². The molecule has 3 amide bonds. The first-order chi connectivity index (χ1) is 15.0. The maximum absolute atomic E-state index is 13.3. The zero-order chi connectivity index (χ0) is 22.0. The molecule has 1 aliphatic rings. The van der Waals surface area contributed by atoms with E-state index in [1.54, 1.807) is 36.4 Å². The summed E-state index contributed by atoms with van der Waals surface area (Å²) in [6, 6.07) is 18.6. The Labute approximate surface area is 183 Å². The number of rotatable bonds is 5. The van der Waals surface area contributed by atoms with Crippen LogP contribution < -0.4 is 4.90 Å². The number of amides is 3. The second kappa shape index (κ2) is 8.54. The van der Waals surface area contributed by atoms with Crippen LogP contribution in [0, 0.1) is 18.3 Å². The summed E-state index contributed by atoms with van der Waals surface area (Å²) in [7, 11) is 0. The predicted octanol–water partition coefficient (Wildman–Crippen LogP) is 3.90. The number of thiophene rings is 1. The molecule has 2 aromatic carbocycles. The highest BCUT2D eigenvalue weighted by Crippen LogP contribution is 2.28. The second-order valence-electron chi connectivity index (χ2n) is 7.34. The lowest BCUT2D eigenvalue weighted by Crippen LogP contribution is -2.44. The Hall–Kier alpha value is -3.76. The van der Waals surface area contributed by atoms with E-state index >= 15 is 0 Å². The van der Waals surface area contributed by atoms with Gasteiger partial charge in [-0.1, -0.05) is 35.9 Å². The van der Waals surface area contributed by atoms with Gasteiger partial charge in [0.25, 0.3) is 11.8 Å². The Morgan fingerprint density at radius 1 is 1.13 bits per heavy atom. The fraction of sp³-hybridized carbons (Fsp3) is 0.167. The first kappa shape index (κ1) is 20.5. The number of aryl methyl sites for hydroxylation is 1. The van der Waals surface area contributed by atoms with E-state index in [1.807, 2.05) is 42.6 Å². The summed E-state index contributed by atoms with van der Waals surface area (Å²) in [4.78, 5) is 42.4. The zero-order valence-electron chi connectivity index (χ0n) is 16.8. The van der Waals surface area contributed by atoms with Gasteiger partial charge in [0.2, 0.25) is 5.91 Å². The zero-order valence-corrected chi connectivity index (χ0v) is 17.6. The number of nitrogens with zero attached hydrogens (tertiary/aromatic N) is 3. The topological polar surface area (TPSA) is 81.5 Å². The van der Waals surface area contributed by atoms with E-state index in [4.69, 9.17) is 5.26 Å². The number of carbonyl (C=O) groups is 3. The molecule has 0 spiro atoms. The number of hydrogen-bond donors (Lipinski definition) is 0. The molecule has 7 heteroatoms. The number of nitriles is 1. The Bertz CT molecular complexity index is 1160. The van der Waals surface area contributed by atoms with Crippen molar-refractivity contribution in [3.63, 3.8) is 0 Å². The maximum Gasteiger partial charge on any atom is 0.264 e. The monoisotopic (exact) mass is 429 g/mol. The van der Waals surface area contributed by atoms with Gasteiger partial charge in [0.15, 0.2) is 0 Å². The molecule has 0 aliphatic carbocycles. The summed E-state index contributed by atoms with van der Waals surface area (Å²) in [6.07, 6.45) is -0.0815. The molecule has 0 bridgehead atoms. The van der Waals surface area contributed by atoms with Gasteiger partial charge in [0.05, 0.1) is 28.6 Å². The van der Waals surface area contributed by atoms with Crippen LogP contribution in [0.25, 0.3) is 0 Å². The molecular formula is C24H19N3O3S. The lowest BCUT2D eigenvalue weighted by atomic mass is 10.1. The highest BCUT2D eigenvalue weighted by molar-refractivity contribution is 7.12. The van der Waals surface area contributed by atoms with Crippen molar-refractivity contribution in [1.82, 2.24) is 4.90 Å². The fourth-order valence-electron chi connectivity index (χ4n) is 3.57. The van der Waals surface area contributed by atoms with Crippen molar-refractivity contribution in [1.29, 1.82) is 5.26 Å². The summed E-state index contributed by atoms with van der Waals surface area (Å²) in [6.45, 7) is 2.20. The van der Waals surface area contributed by atoms with E-state index in [1.165, 1.54) is 16.2 Å². The van der Waals surface area contributed by atoms with Crippen LogP contribution in [0.15, 0.2) is 66.0 Å². The van der Waals surface area contributed by atoms with Crippen molar-refractivity contribution < 1.29 is 14.4 Å². The van der Waals surface area contributed by atoms with E-state index in [-0.39, 0.29) is 24.8 Å². The molecule has 2 heterocycles. The number of imide groups is 1. The van der Waals surface area contributed by atoms with E-state index in [0.29, 0.717) is 16.1 Å². The minimum absolute atomic E-state index is 0.0815. The Kier molecular flexibility index (Phi) is 5.65. The molecule has 0 saturated carbocycles. The minimum atomic E-state index is -0.890. The summed E-state index contributed by atoms with van der Waals surface area (Å²) >= 11 is 1.30. The summed E-state index contributed by atoms with van der Waals surface area (Å²) in [5.41, 5.74) is 2.81. The van der Waals surface area contributed by atoms with Crippen molar-refractivity contribution in [2.45, 2.75) is 25.9 Å². The molecule has 1 aromatic heterocycles. The molecule has 1 unspecified atom stereocenters. The van der Waals surface area contributed by atoms with Gasteiger partial charge in [-0.25, -0.2) is 4.90 Å². The fourth-order valence-corrected chi connectivity index (χ4v) is 4.25. The first-order valence-electron chi connectivity index (χ1n) is 9.75. The molecule has 0 radical (unpaired) electrons. The van der Waals surface area contributed by atoms with Crippen LogP contribution in [0.3, 0.4) is 0 Å². The van der Waals surface area contributed by atoms with Crippen LogP contribution in [0.1, 0.15) is 32.8 Å². The van der Waals surface area contributed by atoms with E-state index in [0.717, 1.165) is 16.0 Å². The molecule has 1 fully saturated rings. The Morgan fingerprint density at radius 3 is 2.45 bits per heavy atom. The standard InChI is InChI=1S/C24H19N3O3S/c1-16-4-6-18(7-5-16)15-26(24(30)21-3-2-12-31-21)20-13-22(28)27(23(20)29)19-10-8-17(14-25)9-11-19/h2-12,20H,13,15H2,1H3. The summed E-state index contributed by atoms with van der Waals surface area (Å²) in [5, 5.41) is 10.8. The van der Waals surface area contributed by atoms with E-state index < -0.39 is 11.9 Å². The largest absolute Gasteiger partial charge is 0.321 e.